The van der Waals surface area contributed by atoms with Crippen LogP contribution in [0.2, 0.25) is 0 Å². The predicted octanol–water partition coefficient (Wildman–Crippen LogP) is -0.125. The summed E-state index contributed by atoms with van der Waals surface area (Å²) < 4.78 is 24.3. The molecule has 2 heterocycles. The van der Waals surface area contributed by atoms with Crippen molar-refractivity contribution in [2.75, 3.05) is 16.8 Å². The zero-order chi connectivity index (χ0) is 11.1. The topological polar surface area (TPSA) is 62.9 Å². The molecule has 1 atom stereocenters. The van der Waals surface area contributed by atoms with Crippen molar-refractivity contribution in [3.05, 3.63) is 5.01 Å². The Morgan fingerprint density at radius 2 is 2.33 bits per heavy atom. The first-order valence-electron chi connectivity index (χ1n) is 4.77. The molecule has 0 spiro atoms. The van der Waals surface area contributed by atoms with E-state index < -0.39 is 9.84 Å². The summed E-state index contributed by atoms with van der Waals surface area (Å²) in [6.45, 7) is 1.98. The molecule has 1 saturated heterocycles. The SMILES string of the molecule is Cc1sc(NC2CCS(=O)(=O)C2)n[n+]1C. The molecule has 1 aliphatic rings. The first kappa shape index (κ1) is 10.8. The zero-order valence-corrected chi connectivity index (χ0v) is 10.4. The molecule has 0 radical (unpaired) electrons. The lowest BCUT2D eigenvalue weighted by Crippen LogP contribution is -2.33. The highest BCUT2D eigenvalue weighted by atomic mass is 32.2. The molecule has 1 aromatic heterocycles. The molecule has 0 amide bonds. The molecule has 84 valence electrons. The molecule has 0 bridgehead atoms. The van der Waals surface area contributed by atoms with Gasteiger partial charge in [-0.1, -0.05) is 4.68 Å². The minimum Gasteiger partial charge on any atom is -0.353 e. The van der Waals surface area contributed by atoms with Crippen LogP contribution in [0, 0.1) is 6.92 Å². The number of nitrogens with zero attached hydrogens (tertiary/aromatic N) is 2. The van der Waals surface area contributed by atoms with Crippen LogP contribution in [0.25, 0.3) is 0 Å². The lowest BCUT2D eigenvalue weighted by molar-refractivity contribution is -0.729. The summed E-state index contributed by atoms with van der Waals surface area (Å²) in [6, 6.07) is 0.0283. The molecule has 1 aliphatic heterocycles. The van der Waals surface area contributed by atoms with Gasteiger partial charge in [-0.05, 0) is 17.8 Å². The summed E-state index contributed by atoms with van der Waals surface area (Å²) in [5, 5.41) is 9.31. The van der Waals surface area contributed by atoms with Crippen LogP contribution in [-0.4, -0.2) is 31.1 Å². The maximum atomic E-state index is 11.2. The second-order valence-electron chi connectivity index (χ2n) is 3.79. The predicted molar refractivity (Wildman–Crippen MR) is 58.7 cm³/mol. The van der Waals surface area contributed by atoms with Crippen LogP contribution in [0.1, 0.15) is 11.4 Å². The maximum absolute atomic E-state index is 11.2. The third-order valence-electron chi connectivity index (χ3n) is 2.50. The molecular weight excluding hydrogens is 234 g/mol. The van der Waals surface area contributed by atoms with Crippen LogP contribution in [0.3, 0.4) is 0 Å². The molecule has 0 saturated carbocycles. The second kappa shape index (κ2) is 3.71. The average molecular weight is 248 g/mol. The minimum absolute atomic E-state index is 0.0283. The van der Waals surface area contributed by atoms with E-state index in [0.717, 1.165) is 10.1 Å². The Balaban J connectivity index is 2.04. The van der Waals surface area contributed by atoms with Crippen molar-refractivity contribution < 1.29 is 13.1 Å². The summed E-state index contributed by atoms with van der Waals surface area (Å²) in [7, 11) is -0.934. The van der Waals surface area contributed by atoms with Gasteiger partial charge in [0.15, 0.2) is 16.9 Å². The number of aryl methyl sites for hydroxylation is 2. The highest BCUT2D eigenvalue weighted by Gasteiger charge is 2.29. The quantitative estimate of drug-likeness (QED) is 0.741. The molecule has 1 aromatic rings. The summed E-state index contributed by atoms with van der Waals surface area (Å²) in [6.07, 6.45) is 0.685. The zero-order valence-electron chi connectivity index (χ0n) is 8.73. The van der Waals surface area contributed by atoms with Crippen molar-refractivity contribution in [1.82, 2.24) is 5.10 Å². The monoisotopic (exact) mass is 248 g/mol. The van der Waals surface area contributed by atoms with Crippen molar-refractivity contribution in [3.63, 3.8) is 0 Å². The second-order valence-corrected chi connectivity index (χ2v) is 7.20. The Hall–Kier alpha value is -0.690. The normalized spacial score (nSPS) is 24.3. The number of sulfone groups is 1. The van der Waals surface area contributed by atoms with Crippen molar-refractivity contribution in [1.29, 1.82) is 0 Å². The summed E-state index contributed by atoms with van der Waals surface area (Å²) in [4.78, 5) is 0. The lowest BCUT2D eigenvalue weighted by atomic mass is 10.3. The fraction of sp³-hybridized carbons (Fsp3) is 0.750. The summed E-state index contributed by atoms with van der Waals surface area (Å²) >= 11 is 1.55. The van der Waals surface area contributed by atoms with Gasteiger partial charge in [0.25, 0.3) is 10.1 Å². The lowest BCUT2D eigenvalue weighted by Gasteiger charge is -2.05. The van der Waals surface area contributed by atoms with Crippen LogP contribution in [0.5, 0.6) is 0 Å². The molecule has 15 heavy (non-hydrogen) atoms. The van der Waals surface area contributed by atoms with E-state index in [4.69, 9.17) is 0 Å². The van der Waals surface area contributed by atoms with E-state index in [1.807, 2.05) is 14.0 Å². The Morgan fingerprint density at radius 1 is 1.60 bits per heavy atom. The smallest absolute Gasteiger partial charge is 0.263 e. The van der Waals surface area contributed by atoms with Crippen LogP contribution in [0.15, 0.2) is 0 Å². The van der Waals surface area contributed by atoms with Gasteiger partial charge in [-0.2, -0.15) is 0 Å². The summed E-state index contributed by atoms with van der Waals surface area (Å²) in [5.74, 6) is 0.524. The minimum atomic E-state index is -2.81. The first-order chi connectivity index (χ1) is 6.96. The van der Waals surface area contributed by atoms with Gasteiger partial charge in [0.05, 0.1) is 11.5 Å². The van der Waals surface area contributed by atoms with Gasteiger partial charge in [-0.15, -0.1) is 0 Å². The standard InChI is InChI=1S/C8H14N3O2S2/c1-6-11(2)10-8(14-6)9-7-3-4-15(12,13)5-7/h7H,3-5H2,1-2H3,(H,9,10)/q+1. The van der Waals surface area contributed by atoms with Crippen LogP contribution in [-0.2, 0) is 16.9 Å². The van der Waals surface area contributed by atoms with E-state index in [9.17, 15) is 8.42 Å². The van der Waals surface area contributed by atoms with Crippen LogP contribution in [0.4, 0.5) is 5.13 Å². The van der Waals surface area contributed by atoms with Gasteiger partial charge in [0, 0.05) is 18.1 Å². The average Bonchev–Trinajstić information content (AvgIpc) is 2.58. The number of aromatic nitrogens is 2. The van der Waals surface area contributed by atoms with E-state index in [-0.39, 0.29) is 11.8 Å². The molecule has 0 aliphatic carbocycles. The number of hydrogen-bond donors (Lipinski definition) is 1. The molecule has 1 fully saturated rings. The number of anilines is 1. The van der Waals surface area contributed by atoms with E-state index in [2.05, 4.69) is 10.4 Å². The Morgan fingerprint density at radius 3 is 2.80 bits per heavy atom. The Bertz CT molecular complexity index is 447. The molecule has 5 nitrogen and oxygen atoms in total. The first-order valence-corrected chi connectivity index (χ1v) is 7.41. The molecule has 0 aromatic carbocycles. The van der Waals surface area contributed by atoms with Crippen molar-refractivity contribution in [2.24, 2.45) is 7.05 Å². The van der Waals surface area contributed by atoms with E-state index in [1.54, 1.807) is 16.0 Å². The highest BCUT2D eigenvalue weighted by molar-refractivity contribution is 7.91. The molecule has 1 N–H and O–H groups in total. The molecule has 1 unspecified atom stereocenters. The Kier molecular flexibility index (Phi) is 2.68. The van der Waals surface area contributed by atoms with E-state index in [0.29, 0.717) is 12.2 Å². The van der Waals surface area contributed by atoms with Gasteiger partial charge in [0.2, 0.25) is 0 Å². The van der Waals surface area contributed by atoms with Gasteiger partial charge in [0.1, 0.15) is 0 Å². The van der Waals surface area contributed by atoms with Gasteiger partial charge in [-0.25, -0.2) is 8.42 Å². The van der Waals surface area contributed by atoms with E-state index >= 15 is 0 Å². The van der Waals surface area contributed by atoms with E-state index in [1.165, 1.54) is 0 Å². The molecule has 2 rings (SSSR count). The fourth-order valence-electron chi connectivity index (χ4n) is 1.57. The van der Waals surface area contributed by atoms with Crippen molar-refractivity contribution in [2.45, 2.75) is 19.4 Å². The number of rotatable bonds is 2. The van der Waals surface area contributed by atoms with Gasteiger partial charge in [-0.3, -0.25) is 0 Å². The maximum Gasteiger partial charge on any atom is 0.263 e. The van der Waals surface area contributed by atoms with Crippen LogP contribution < -0.4 is 10.00 Å². The largest absolute Gasteiger partial charge is 0.353 e. The number of nitrogens with one attached hydrogen (secondary N) is 1. The summed E-state index contributed by atoms with van der Waals surface area (Å²) in [5.41, 5.74) is 0. The van der Waals surface area contributed by atoms with Crippen molar-refractivity contribution >= 4 is 26.3 Å². The van der Waals surface area contributed by atoms with Crippen LogP contribution >= 0.6 is 11.3 Å². The van der Waals surface area contributed by atoms with Gasteiger partial charge >= 0.3 is 0 Å². The third-order valence-corrected chi connectivity index (χ3v) is 5.22. The number of hydrogen-bond acceptors (Lipinski definition) is 5. The molecule has 7 heteroatoms. The molecular formula is C8H14N3O2S2+. The fourth-order valence-corrected chi connectivity index (χ4v) is 4.09. The van der Waals surface area contributed by atoms with Gasteiger partial charge < -0.3 is 5.32 Å². The Labute approximate surface area is 93.0 Å². The third kappa shape index (κ3) is 2.46. The van der Waals surface area contributed by atoms with Crippen molar-refractivity contribution in [3.8, 4) is 0 Å². The highest BCUT2D eigenvalue weighted by Crippen LogP contribution is 2.19.